The molecular formula is C12H22O7. The first-order chi connectivity index (χ1) is 8.95. The van der Waals surface area contributed by atoms with Crippen LogP contribution in [0.2, 0.25) is 0 Å². The second-order valence-corrected chi connectivity index (χ2v) is 3.47. The van der Waals surface area contributed by atoms with Gasteiger partial charge in [0.1, 0.15) is 24.4 Å². The minimum Gasteiger partial charge on any atom is -0.394 e. The van der Waals surface area contributed by atoms with E-state index in [2.05, 4.69) is 13.2 Å². The third kappa shape index (κ3) is 10.5. The van der Waals surface area contributed by atoms with Gasteiger partial charge < -0.3 is 35.1 Å². The van der Waals surface area contributed by atoms with E-state index in [4.69, 9.17) is 30.3 Å². The fourth-order valence-electron chi connectivity index (χ4n) is 0.853. The molecule has 5 N–H and O–H groups in total. The zero-order valence-electron chi connectivity index (χ0n) is 10.6. The van der Waals surface area contributed by atoms with Crippen molar-refractivity contribution in [3.05, 3.63) is 25.3 Å². The highest BCUT2D eigenvalue weighted by atomic mass is 16.5. The molecule has 0 saturated heterocycles. The maximum absolute atomic E-state index is 9.90. The van der Waals surface area contributed by atoms with Crippen LogP contribution < -0.4 is 0 Å². The van der Waals surface area contributed by atoms with Crippen LogP contribution in [0.5, 0.6) is 0 Å². The third-order valence-corrected chi connectivity index (χ3v) is 1.89. The zero-order valence-corrected chi connectivity index (χ0v) is 10.6. The molecule has 0 saturated carbocycles. The highest BCUT2D eigenvalue weighted by molar-refractivity contribution is 5.56. The van der Waals surface area contributed by atoms with Gasteiger partial charge in [0.15, 0.2) is 6.29 Å². The number of hydrogen-bond donors (Lipinski definition) is 5. The molecule has 4 atom stereocenters. The minimum atomic E-state index is -1.79. The van der Waals surface area contributed by atoms with Gasteiger partial charge in [-0.3, -0.25) is 0 Å². The summed E-state index contributed by atoms with van der Waals surface area (Å²) in [4.78, 5) is 9.90. The molecule has 0 bridgehead atoms. The molecule has 0 radical (unpaired) electrons. The Morgan fingerprint density at radius 3 is 1.79 bits per heavy atom. The van der Waals surface area contributed by atoms with Crippen molar-refractivity contribution in [3.63, 3.8) is 0 Å². The molecule has 0 aromatic carbocycles. The molecule has 0 aromatic heterocycles. The summed E-state index contributed by atoms with van der Waals surface area (Å²) in [5.74, 6) is 0. The van der Waals surface area contributed by atoms with Gasteiger partial charge >= 0.3 is 0 Å². The standard InChI is InChI=1S/C6H12O6.C6H10O/c7-1-3(9)5(11)6(12)4(10)2-8;1-3-5-7-6-4-2/h1,3-6,8-12H,2H2;3-4H,1-2,5-6H2. The Morgan fingerprint density at radius 2 is 1.47 bits per heavy atom. The summed E-state index contributed by atoms with van der Waals surface area (Å²) < 4.78 is 4.90. The fraction of sp³-hybridized carbons (Fsp3) is 0.583. The highest BCUT2D eigenvalue weighted by Gasteiger charge is 2.29. The van der Waals surface area contributed by atoms with Gasteiger partial charge in [0.25, 0.3) is 0 Å². The van der Waals surface area contributed by atoms with Gasteiger partial charge in [0.2, 0.25) is 0 Å². The van der Waals surface area contributed by atoms with Crippen LogP contribution in [0.15, 0.2) is 25.3 Å². The molecule has 112 valence electrons. The Balaban J connectivity index is 0. The maximum Gasteiger partial charge on any atom is 0.151 e. The van der Waals surface area contributed by atoms with Crippen molar-refractivity contribution in [2.75, 3.05) is 19.8 Å². The molecular weight excluding hydrogens is 256 g/mol. The number of rotatable bonds is 9. The molecule has 0 aliphatic carbocycles. The number of aliphatic hydroxyl groups excluding tert-OH is 5. The monoisotopic (exact) mass is 278 g/mol. The van der Waals surface area contributed by atoms with Crippen LogP contribution in [0.25, 0.3) is 0 Å². The first-order valence-electron chi connectivity index (χ1n) is 5.54. The van der Waals surface area contributed by atoms with Gasteiger partial charge in [-0.1, -0.05) is 12.2 Å². The zero-order chi connectivity index (χ0) is 15.3. The third-order valence-electron chi connectivity index (χ3n) is 1.89. The van der Waals surface area contributed by atoms with E-state index in [0.29, 0.717) is 13.2 Å². The van der Waals surface area contributed by atoms with Crippen LogP contribution in [-0.2, 0) is 9.53 Å². The minimum absolute atomic E-state index is 0.0258. The molecule has 0 aromatic rings. The average Bonchev–Trinajstić information content (AvgIpc) is 2.45. The van der Waals surface area contributed by atoms with E-state index in [-0.39, 0.29) is 6.29 Å². The second kappa shape index (κ2) is 13.3. The number of aliphatic hydroxyl groups is 5. The predicted molar refractivity (Wildman–Crippen MR) is 68.4 cm³/mol. The number of carbonyl (C=O) groups is 1. The smallest absolute Gasteiger partial charge is 0.151 e. The van der Waals surface area contributed by atoms with Crippen LogP contribution >= 0.6 is 0 Å². The molecule has 4 unspecified atom stereocenters. The van der Waals surface area contributed by atoms with Crippen molar-refractivity contribution in [1.29, 1.82) is 0 Å². The molecule has 0 fully saturated rings. The van der Waals surface area contributed by atoms with Gasteiger partial charge in [0.05, 0.1) is 19.8 Å². The Hall–Kier alpha value is -1.09. The molecule has 0 spiro atoms. The number of ether oxygens (including phenoxy) is 1. The van der Waals surface area contributed by atoms with Gasteiger partial charge in [-0.2, -0.15) is 0 Å². The second-order valence-electron chi connectivity index (χ2n) is 3.47. The van der Waals surface area contributed by atoms with E-state index in [1.54, 1.807) is 12.2 Å². The Morgan fingerprint density at radius 1 is 1.00 bits per heavy atom. The molecule has 0 heterocycles. The van der Waals surface area contributed by atoms with Crippen molar-refractivity contribution >= 4 is 6.29 Å². The topological polar surface area (TPSA) is 127 Å². The SMILES string of the molecule is C=CCOCC=C.O=CC(O)C(O)C(O)C(O)CO. The summed E-state index contributed by atoms with van der Waals surface area (Å²) in [5, 5.41) is 43.5. The highest BCUT2D eigenvalue weighted by Crippen LogP contribution is 2.02. The summed E-state index contributed by atoms with van der Waals surface area (Å²) in [7, 11) is 0. The number of aldehydes is 1. The van der Waals surface area contributed by atoms with E-state index in [1.165, 1.54) is 0 Å². The van der Waals surface area contributed by atoms with Crippen LogP contribution in [0, 0.1) is 0 Å². The average molecular weight is 278 g/mol. The quantitative estimate of drug-likeness (QED) is 0.187. The Bertz CT molecular complexity index is 236. The van der Waals surface area contributed by atoms with Crippen LogP contribution in [0.4, 0.5) is 0 Å². The predicted octanol–water partition coefficient (Wildman–Crippen LogP) is -2.00. The first-order valence-corrected chi connectivity index (χ1v) is 5.54. The van der Waals surface area contributed by atoms with Crippen LogP contribution in [-0.4, -0.2) is 76.1 Å². The largest absolute Gasteiger partial charge is 0.394 e. The van der Waals surface area contributed by atoms with Crippen molar-refractivity contribution < 1.29 is 35.1 Å². The lowest BCUT2D eigenvalue weighted by Gasteiger charge is -2.22. The molecule has 19 heavy (non-hydrogen) atoms. The Labute approximate surface area is 112 Å². The van der Waals surface area contributed by atoms with E-state index in [1.807, 2.05) is 0 Å². The fourth-order valence-corrected chi connectivity index (χ4v) is 0.853. The van der Waals surface area contributed by atoms with E-state index in [9.17, 15) is 4.79 Å². The van der Waals surface area contributed by atoms with Gasteiger partial charge in [-0.05, 0) is 0 Å². The Kier molecular flexibility index (Phi) is 14.2. The molecule has 0 aliphatic rings. The molecule has 0 amide bonds. The molecule has 7 nitrogen and oxygen atoms in total. The first kappa shape index (κ1) is 20.2. The van der Waals surface area contributed by atoms with Crippen LogP contribution in [0.1, 0.15) is 0 Å². The number of hydrogen-bond acceptors (Lipinski definition) is 7. The van der Waals surface area contributed by atoms with Gasteiger partial charge in [0, 0.05) is 0 Å². The van der Waals surface area contributed by atoms with Crippen molar-refractivity contribution in [3.8, 4) is 0 Å². The van der Waals surface area contributed by atoms with Crippen molar-refractivity contribution in [1.82, 2.24) is 0 Å². The van der Waals surface area contributed by atoms with Crippen LogP contribution in [0.3, 0.4) is 0 Å². The van der Waals surface area contributed by atoms with Gasteiger partial charge in [-0.25, -0.2) is 0 Å². The molecule has 7 heteroatoms. The van der Waals surface area contributed by atoms with E-state index < -0.39 is 31.0 Å². The van der Waals surface area contributed by atoms with Crippen molar-refractivity contribution in [2.45, 2.75) is 24.4 Å². The molecule has 0 rings (SSSR count). The van der Waals surface area contributed by atoms with E-state index >= 15 is 0 Å². The van der Waals surface area contributed by atoms with E-state index in [0.717, 1.165) is 0 Å². The lowest BCUT2D eigenvalue weighted by atomic mass is 10.0. The lowest BCUT2D eigenvalue weighted by molar-refractivity contribution is -0.136. The summed E-state index contributed by atoms with van der Waals surface area (Å²) in [6, 6.07) is 0. The summed E-state index contributed by atoms with van der Waals surface area (Å²) >= 11 is 0. The lowest BCUT2D eigenvalue weighted by Crippen LogP contribution is -2.46. The van der Waals surface area contributed by atoms with Gasteiger partial charge in [-0.15, -0.1) is 13.2 Å². The normalized spacial score (nSPS) is 16.3. The maximum atomic E-state index is 9.90. The molecule has 0 aliphatic heterocycles. The summed E-state index contributed by atoms with van der Waals surface area (Å²) in [6.45, 7) is 7.42. The number of carbonyl (C=O) groups excluding carboxylic acids is 1. The van der Waals surface area contributed by atoms with Crippen molar-refractivity contribution in [2.24, 2.45) is 0 Å². The summed E-state index contributed by atoms with van der Waals surface area (Å²) in [6.07, 6.45) is -3.42. The summed E-state index contributed by atoms with van der Waals surface area (Å²) in [5.41, 5.74) is 0.